The van der Waals surface area contributed by atoms with E-state index in [0.29, 0.717) is 0 Å². The molecule has 0 heterocycles. The van der Waals surface area contributed by atoms with E-state index in [4.69, 9.17) is 5.11 Å². The smallest absolute Gasteiger partial charge is 0.120 e. The minimum absolute atomic E-state index is 0.00431. The van der Waals surface area contributed by atoms with Gasteiger partial charge in [-0.15, -0.1) is 0 Å². The normalized spacial score (nSPS) is 14.9. The summed E-state index contributed by atoms with van der Waals surface area (Å²) in [6.07, 6.45) is 0. The van der Waals surface area contributed by atoms with Gasteiger partial charge in [0, 0.05) is 22.1 Å². The summed E-state index contributed by atoms with van der Waals surface area (Å²) < 4.78 is 0.931. The Morgan fingerprint density at radius 2 is 2.07 bits per heavy atom. The van der Waals surface area contributed by atoms with Crippen LogP contribution in [0.25, 0.3) is 0 Å². The van der Waals surface area contributed by atoms with E-state index < -0.39 is 0 Å². The van der Waals surface area contributed by atoms with Crippen LogP contribution in [0.2, 0.25) is 0 Å². The first kappa shape index (κ1) is 12.5. The molecule has 4 heteroatoms. The molecule has 0 spiro atoms. The summed E-state index contributed by atoms with van der Waals surface area (Å²) in [6, 6.07) is 5.34. The van der Waals surface area contributed by atoms with Crippen molar-refractivity contribution in [1.29, 1.82) is 0 Å². The molecule has 0 aromatic heterocycles. The molecule has 0 aliphatic heterocycles. The molecule has 0 saturated carbocycles. The fourth-order valence-electron chi connectivity index (χ4n) is 1.44. The summed E-state index contributed by atoms with van der Waals surface area (Å²) in [5.41, 5.74) is 0.824. The minimum Gasteiger partial charge on any atom is -0.508 e. The zero-order chi connectivity index (χ0) is 11.4. The Labute approximate surface area is 98.3 Å². The lowest BCUT2D eigenvalue weighted by Crippen LogP contribution is -2.31. The maximum absolute atomic E-state index is 9.67. The molecule has 0 bridgehead atoms. The van der Waals surface area contributed by atoms with Crippen LogP contribution in [0.1, 0.15) is 25.5 Å². The number of aliphatic hydroxyl groups is 1. The van der Waals surface area contributed by atoms with Gasteiger partial charge in [0.1, 0.15) is 5.75 Å². The van der Waals surface area contributed by atoms with Crippen molar-refractivity contribution < 1.29 is 10.2 Å². The summed E-state index contributed by atoms with van der Waals surface area (Å²) >= 11 is 3.36. The van der Waals surface area contributed by atoms with E-state index >= 15 is 0 Å². The number of nitrogens with one attached hydrogen (secondary N) is 1. The highest BCUT2D eigenvalue weighted by Crippen LogP contribution is 2.27. The summed E-state index contributed by atoms with van der Waals surface area (Å²) in [5.74, 6) is 0.267. The number of hydrogen-bond donors (Lipinski definition) is 3. The molecular formula is C11H16BrNO2. The maximum atomic E-state index is 9.67. The first-order chi connectivity index (χ1) is 7.04. The van der Waals surface area contributed by atoms with E-state index in [1.807, 2.05) is 19.9 Å². The summed E-state index contributed by atoms with van der Waals surface area (Å²) in [4.78, 5) is 0. The number of halogens is 1. The van der Waals surface area contributed by atoms with Crippen LogP contribution < -0.4 is 5.32 Å². The lowest BCUT2D eigenvalue weighted by atomic mass is 10.1. The molecular weight excluding hydrogens is 258 g/mol. The average Bonchev–Trinajstić information content (AvgIpc) is 2.21. The van der Waals surface area contributed by atoms with Crippen LogP contribution >= 0.6 is 15.9 Å². The second-order valence-electron chi connectivity index (χ2n) is 3.68. The predicted molar refractivity (Wildman–Crippen MR) is 63.9 cm³/mol. The highest BCUT2D eigenvalue weighted by molar-refractivity contribution is 9.10. The Morgan fingerprint density at radius 1 is 1.40 bits per heavy atom. The number of phenols is 1. The molecule has 2 atom stereocenters. The molecule has 0 saturated heterocycles. The second kappa shape index (κ2) is 5.49. The molecule has 1 rings (SSSR count). The van der Waals surface area contributed by atoms with Gasteiger partial charge in [0.2, 0.25) is 0 Å². The van der Waals surface area contributed by atoms with Gasteiger partial charge < -0.3 is 15.5 Å². The van der Waals surface area contributed by atoms with Gasteiger partial charge in [0.05, 0.1) is 6.61 Å². The highest BCUT2D eigenvalue weighted by atomic mass is 79.9. The molecule has 0 aliphatic rings. The molecule has 1 aromatic carbocycles. The third kappa shape index (κ3) is 3.48. The van der Waals surface area contributed by atoms with E-state index in [1.165, 1.54) is 0 Å². The van der Waals surface area contributed by atoms with Crippen molar-refractivity contribution in [2.45, 2.75) is 25.9 Å². The van der Waals surface area contributed by atoms with Crippen LogP contribution in [-0.4, -0.2) is 22.9 Å². The van der Waals surface area contributed by atoms with E-state index in [9.17, 15) is 5.11 Å². The summed E-state index contributed by atoms with van der Waals surface area (Å²) in [6.45, 7) is 3.93. The van der Waals surface area contributed by atoms with Crippen molar-refractivity contribution in [2.75, 3.05) is 6.61 Å². The number of hydrogen-bond acceptors (Lipinski definition) is 3. The van der Waals surface area contributed by atoms with E-state index in [0.717, 1.165) is 10.0 Å². The Bertz CT molecular complexity index is 330. The zero-order valence-electron chi connectivity index (χ0n) is 8.87. The van der Waals surface area contributed by atoms with Crippen molar-refractivity contribution in [3.63, 3.8) is 0 Å². The Morgan fingerprint density at radius 3 is 2.67 bits per heavy atom. The van der Waals surface area contributed by atoms with E-state index in [-0.39, 0.29) is 24.4 Å². The molecule has 84 valence electrons. The van der Waals surface area contributed by atoms with Crippen molar-refractivity contribution in [3.05, 3.63) is 28.2 Å². The fourth-order valence-corrected chi connectivity index (χ4v) is 1.82. The Hall–Kier alpha value is -0.580. The van der Waals surface area contributed by atoms with Gasteiger partial charge in [-0.1, -0.05) is 15.9 Å². The van der Waals surface area contributed by atoms with Gasteiger partial charge in [0.25, 0.3) is 0 Å². The lowest BCUT2D eigenvalue weighted by molar-refractivity contribution is 0.242. The first-order valence-corrected chi connectivity index (χ1v) is 5.69. The van der Waals surface area contributed by atoms with Crippen molar-refractivity contribution in [2.24, 2.45) is 0 Å². The third-order valence-electron chi connectivity index (χ3n) is 2.26. The Balaban J connectivity index is 2.80. The fraction of sp³-hybridized carbons (Fsp3) is 0.455. The van der Waals surface area contributed by atoms with Gasteiger partial charge in [-0.3, -0.25) is 0 Å². The van der Waals surface area contributed by atoms with Gasteiger partial charge in [0.15, 0.2) is 0 Å². The van der Waals surface area contributed by atoms with Crippen LogP contribution in [-0.2, 0) is 0 Å². The molecule has 0 amide bonds. The van der Waals surface area contributed by atoms with Gasteiger partial charge in [-0.25, -0.2) is 0 Å². The average molecular weight is 274 g/mol. The molecule has 3 nitrogen and oxygen atoms in total. The molecule has 15 heavy (non-hydrogen) atoms. The molecule has 1 aromatic rings. The van der Waals surface area contributed by atoms with Crippen molar-refractivity contribution >= 4 is 15.9 Å². The van der Waals surface area contributed by atoms with Crippen molar-refractivity contribution in [3.8, 4) is 5.75 Å². The zero-order valence-corrected chi connectivity index (χ0v) is 10.5. The van der Waals surface area contributed by atoms with Crippen LogP contribution in [0, 0.1) is 0 Å². The van der Waals surface area contributed by atoms with E-state index in [2.05, 4.69) is 21.2 Å². The largest absolute Gasteiger partial charge is 0.508 e. The number of rotatable bonds is 4. The van der Waals surface area contributed by atoms with Crippen LogP contribution in [0.4, 0.5) is 0 Å². The van der Waals surface area contributed by atoms with Crippen LogP contribution in [0.3, 0.4) is 0 Å². The molecule has 3 N–H and O–H groups in total. The van der Waals surface area contributed by atoms with Crippen LogP contribution in [0.15, 0.2) is 22.7 Å². The number of aliphatic hydroxyl groups excluding tert-OH is 1. The molecule has 0 radical (unpaired) electrons. The molecule has 1 unspecified atom stereocenters. The first-order valence-electron chi connectivity index (χ1n) is 4.90. The van der Waals surface area contributed by atoms with Crippen LogP contribution in [0.5, 0.6) is 5.75 Å². The van der Waals surface area contributed by atoms with Gasteiger partial charge in [-0.05, 0) is 32.0 Å². The molecule has 0 fully saturated rings. The number of aromatic hydroxyl groups is 1. The Kier molecular flexibility index (Phi) is 4.57. The van der Waals surface area contributed by atoms with E-state index in [1.54, 1.807) is 12.1 Å². The second-order valence-corrected chi connectivity index (χ2v) is 4.59. The van der Waals surface area contributed by atoms with Crippen molar-refractivity contribution in [1.82, 2.24) is 5.32 Å². The summed E-state index contributed by atoms with van der Waals surface area (Å²) in [7, 11) is 0. The topological polar surface area (TPSA) is 52.5 Å². The van der Waals surface area contributed by atoms with Gasteiger partial charge in [-0.2, -0.15) is 0 Å². The SMILES string of the molecule is CC(N[C@@H](C)CO)c1cc(Br)ccc1O. The summed E-state index contributed by atoms with van der Waals surface area (Å²) in [5, 5.41) is 21.8. The maximum Gasteiger partial charge on any atom is 0.120 e. The monoisotopic (exact) mass is 273 g/mol. The minimum atomic E-state index is 0.00431. The quantitative estimate of drug-likeness (QED) is 0.788. The third-order valence-corrected chi connectivity index (χ3v) is 2.76. The molecule has 0 aliphatic carbocycles. The van der Waals surface area contributed by atoms with Gasteiger partial charge >= 0.3 is 0 Å². The lowest BCUT2D eigenvalue weighted by Gasteiger charge is -2.19. The number of phenolic OH excluding ortho intramolecular Hbond substituents is 1. The predicted octanol–water partition coefficient (Wildman–Crippen LogP) is 2.19. The number of benzene rings is 1. The highest BCUT2D eigenvalue weighted by Gasteiger charge is 2.12. The standard InChI is InChI=1S/C11H16BrNO2/c1-7(6-14)13-8(2)10-5-9(12)3-4-11(10)15/h3-5,7-8,13-15H,6H2,1-2H3/t7-,8?/m0/s1.